The highest BCUT2D eigenvalue weighted by molar-refractivity contribution is 5.44. The third-order valence-corrected chi connectivity index (χ3v) is 4.39. The first kappa shape index (κ1) is 14.4. The summed E-state index contributed by atoms with van der Waals surface area (Å²) in [5, 5.41) is 3.41. The van der Waals surface area contributed by atoms with Crippen molar-refractivity contribution in [3.8, 4) is 0 Å². The molecule has 1 aromatic rings. The zero-order chi connectivity index (χ0) is 13.7. The van der Waals surface area contributed by atoms with Crippen LogP contribution in [0.1, 0.15) is 38.7 Å². The standard InChI is InChI=1S/C17H27NO/c1-13-4-7-16(8-5-13)18-10-11-19-17-9-6-14(2)15(3)12-17/h4-5,7-8,14-15,17-18H,6,9-12H2,1-3H3. The highest BCUT2D eigenvalue weighted by Gasteiger charge is 2.24. The molecule has 1 aliphatic carbocycles. The molecule has 2 nitrogen and oxygen atoms in total. The average molecular weight is 261 g/mol. The molecule has 0 amide bonds. The molecule has 106 valence electrons. The van der Waals surface area contributed by atoms with Gasteiger partial charge in [-0.05, 0) is 50.2 Å². The van der Waals surface area contributed by atoms with Gasteiger partial charge in [0, 0.05) is 12.2 Å². The maximum absolute atomic E-state index is 5.98. The molecule has 1 N–H and O–H groups in total. The van der Waals surface area contributed by atoms with Gasteiger partial charge in [0.2, 0.25) is 0 Å². The number of anilines is 1. The van der Waals surface area contributed by atoms with Crippen molar-refractivity contribution in [1.29, 1.82) is 0 Å². The van der Waals surface area contributed by atoms with Crippen molar-refractivity contribution in [3.63, 3.8) is 0 Å². The molecule has 3 unspecified atom stereocenters. The van der Waals surface area contributed by atoms with E-state index in [0.717, 1.165) is 25.0 Å². The van der Waals surface area contributed by atoms with E-state index in [-0.39, 0.29) is 0 Å². The summed E-state index contributed by atoms with van der Waals surface area (Å²) >= 11 is 0. The van der Waals surface area contributed by atoms with Crippen molar-refractivity contribution in [2.24, 2.45) is 11.8 Å². The van der Waals surface area contributed by atoms with Crippen LogP contribution in [0.4, 0.5) is 5.69 Å². The molecule has 2 rings (SSSR count). The van der Waals surface area contributed by atoms with Gasteiger partial charge < -0.3 is 10.1 Å². The number of rotatable bonds is 5. The zero-order valence-corrected chi connectivity index (χ0v) is 12.5. The maximum atomic E-state index is 5.98. The molecular weight excluding hydrogens is 234 g/mol. The Kier molecular flexibility index (Phi) is 5.26. The van der Waals surface area contributed by atoms with E-state index in [1.165, 1.54) is 30.5 Å². The highest BCUT2D eigenvalue weighted by Crippen LogP contribution is 2.30. The molecule has 0 heterocycles. The van der Waals surface area contributed by atoms with Gasteiger partial charge in [-0.3, -0.25) is 0 Å². The molecule has 1 fully saturated rings. The fourth-order valence-electron chi connectivity index (χ4n) is 2.74. The monoisotopic (exact) mass is 261 g/mol. The molecule has 0 saturated heterocycles. The number of nitrogens with one attached hydrogen (secondary N) is 1. The fraction of sp³-hybridized carbons (Fsp3) is 0.647. The van der Waals surface area contributed by atoms with Crippen LogP contribution in [0.25, 0.3) is 0 Å². The van der Waals surface area contributed by atoms with Gasteiger partial charge in [-0.15, -0.1) is 0 Å². The number of hydrogen-bond acceptors (Lipinski definition) is 2. The Morgan fingerprint density at radius 3 is 2.53 bits per heavy atom. The van der Waals surface area contributed by atoms with Gasteiger partial charge in [0.1, 0.15) is 0 Å². The first-order valence-corrected chi connectivity index (χ1v) is 7.57. The van der Waals surface area contributed by atoms with E-state index in [1.54, 1.807) is 0 Å². The summed E-state index contributed by atoms with van der Waals surface area (Å²) in [6.45, 7) is 8.52. The van der Waals surface area contributed by atoms with Gasteiger partial charge in [-0.25, -0.2) is 0 Å². The molecule has 0 bridgehead atoms. The Labute approximate surface area is 117 Å². The SMILES string of the molecule is Cc1ccc(NCCOC2CCC(C)C(C)C2)cc1. The van der Waals surface area contributed by atoms with E-state index in [9.17, 15) is 0 Å². The Morgan fingerprint density at radius 1 is 1.11 bits per heavy atom. The van der Waals surface area contributed by atoms with Crippen molar-refractivity contribution in [1.82, 2.24) is 0 Å². The molecule has 0 radical (unpaired) electrons. The lowest BCUT2D eigenvalue weighted by molar-refractivity contribution is 0.00778. The quantitative estimate of drug-likeness (QED) is 0.800. The van der Waals surface area contributed by atoms with Gasteiger partial charge in [-0.1, -0.05) is 31.5 Å². The topological polar surface area (TPSA) is 21.3 Å². The number of aryl methyl sites for hydroxylation is 1. The first-order valence-electron chi connectivity index (χ1n) is 7.57. The Balaban J connectivity index is 1.63. The summed E-state index contributed by atoms with van der Waals surface area (Å²) in [6, 6.07) is 8.51. The number of ether oxygens (including phenoxy) is 1. The molecule has 2 heteroatoms. The minimum atomic E-state index is 0.478. The second kappa shape index (κ2) is 6.95. The van der Waals surface area contributed by atoms with Crippen LogP contribution in [0.2, 0.25) is 0 Å². The molecule has 19 heavy (non-hydrogen) atoms. The van der Waals surface area contributed by atoms with E-state index in [1.807, 2.05) is 0 Å². The van der Waals surface area contributed by atoms with Crippen molar-refractivity contribution in [2.75, 3.05) is 18.5 Å². The molecule has 3 atom stereocenters. The first-order chi connectivity index (χ1) is 9.15. The van der Waals surface area contributed by atoms with Gasteiger partial charge in [0.15, 0.2) is 0 Å². The van der Waals surface area contributed by atoms with Gasteiger partial charge in [-0.2, -0.15) is 0 Å². The third kappa shape index (κ3) is 4.54. The lowest BCUT2D eigenvalue weighted by atomic mass is 9.80. The summed E-state index contributed by atoms with van der Waals surface area (Å²) < 4.78 is 5.98. The van der Waals surface area contributed by atoms with Crippen molar-refractivity contribution in [2.45, 2.75) is 46.1 Å². The van der Waals surface area contributed by atoms with Crippen LogP contribution in [-0.4, -0.2) is 19.3 Å². The predicted octanol–water partition coefficient (Wildman–Crippen LogP) is 4.25. The van der Waals surface area contributed by atoms with Crippen LogP contribution < -0.4 is 5.32 Å². The largest absolute Gasteiger partial charge is 0.383 e. The zero-order valence-electron chi connectivity index (χ0n) is 12.5. The van der Waals surface area contributed by atoms with Gasteiger partial charge >= 0.3 is 0 Å². The Bertz CT molecular complexity index is 373. The van der Waals surface area contributed by atoms with Crippen LogP contribution in [0.3, 0.4) is 0 Å². The van der Waals surface area contributed by atoms with Crippen molar-refractivity contribution in [3.05, 3.63) is 29.8 Å². The second-order valence-corrected chi connectivity index (χ2v) is 6.05. The lowest BCUT2D eigenvalue weighted by Gasteiger charge is -2.32. The van der Waals surface area contributed by atoms with Crippen molar-refractivity contribution < 1.29 is 4.74 Å². The number of hydrogen-bond donors (Lipinski definition) is 1. The summed E-state index contributed by atoms with van der Waals surface area (Å²) in [5.74, 6) is 1.68. The molecule has 0 spiro atoms. The summed E-state index contributed by atoms with van der Waals surface area (Å²) in [5.41, 5.74) is 2.48. The van der Waals surface area contributed by atoms with Crippen LogP contribution in [0.5, 0.6) is 0 Å². The molecule has 1 aromatic carbocycles. The minimum Gasteiger partial charge on any atom is -0.383 e. The molecule has 0 aliphatic heterocycles. The summed E-state index contributed by atoms with van der Waals surface area (Å²) in [7, 11) is 0. The fourth-order valence-corrected chi connectivity index (χ4v) is 2.74. The molecule has 1 aliphatic rings. The van der Waals surface area contributed by atoms with Crippen molar-refractivity contribution >= 4 is 5.69 Å². The third-order valence-electron chi connectivity index (χ3n) is 4.39. The Morgan fingerprint density at radius 2 is 1.84 bits per heavy atom. The molecule has 0 aromatic heterocycles. The summed E-state index contributed by atoms with van der Waals surface area (Å²) in [6.07, 6.45) is 4.25. The maximum Gasteiger partial charge on any atom is 0.0642 e. The molecular formula is C17H27NO. The smallest absolute Gasteiger partial charge is 0.0642 e. The van der Waals surface area contributed by atoms with E-state index < -0.39 is 0 Å². The lowest BCUT2D eigenvalue weighted by Crippen LogP contribution is -2.28. The minimum absolute atomic E-state index is 0.478. The van der Waals surface area contributed by atoms with E-state index in [0.29, 0.717) is 6.10 Å². The van der Waals surface area contributed by atoms with Crippen LogP contribution in [0.15, 0.2) is 24.3 Å². The Hall–Kier alpha value is -1.02. The summed E-state index contributed by atoms with van der Waals surface area (Å²) in [4.78, 5) is 0. The highest BCUT2D eigenvalue weighted by atomic mass is 16.5. The van der Waals surface area contributed by atoms with E-state index in [4.69, 9.17) is 4.74 Å². The predicted molar refractivity (Wildman–Crippen MR) is 81.6 cm³/mol. The number of benzene rings is 1. The molecule has 1 saturated carbocycles. The van der Waals surface area contributed by atoms with Crippen LogP contribution in [0, 0.1) is 18.8 Å². The van der Waals surface area contributed by atoms with Crippen LogP contribution in [-0.2, 0) is 4.74 Å². The van der Waals surface area contributed by atoms with E-state index >= 15 is 0 Å². The van der Waals surface area contributed by atoms with Gasteiger partial charge in [0.05, 0.1) is 12.7 Å². The normalized spacial score (nSPS) is 27.2. The average Bonchev–Trinajstić information content (AvgIpc) is 2.41. The van der Waals surface area contributed by atoms with Crippen LogP contribution >= 0.6 is 0 Å². The van der Waals surface area contributed by atoms with Gasteiger partial charge in [0.25, 0.3) is 0 Å². The van der Waals surface area contributed by atoms with E-state index in [2.05, 4.69) is 50.4 Å². The second-order valence-electron chi connectivity index (χ2n) is 6.05.